The number of piperazine rings is 1. The maximum absolute atomic E-state index is 12.6. The van der Waals surface area contributed by atoms with Crippen LogP contribution in [0.2, 0.25) is 0 Å². The molecule has 6 heteroatoms. The molecule has 28 heavy (non-hydrogen) atoms. The zero-order chi connectivity index (χ0) is 19.5. The molecule has 4 rings (SSSR count). The third-order valence-electron chi connectivity index (χ3n) is 5.71. The third-order valence-corrected chi connectivity index (χ3v) is 5.71. The van der Waals surface area contributed by atoms with Crippen molar-refractivity contribution in [2.24, 2.45) is 0 Å². The molecule has 0 bridgehead atoms. The van der Waals surface area contributed by atoms with Crippen molar-refractivity contribution in [1.82, 2.24) is 19.7 Å². The molecule has 1 aromatic carbocycles. The summed E-state index contributed by atoms with van der Waals surface area (Å²) in [6, 6.07) is 11.7. The monoisotopic (exact) mass is 378 g/mol. The normalized spacial score (nSPS) is 17.1. The molecule has 6 nitrogen and oxygen atoms in total. The maximum atomic E-state index is 12.6. The van der Waals surface area contributed by atoms with E-state index in [4.69, 9.17) is 0 Å². The van der Waals surface area contributed by atoms with Crippen LogP contribution in [0, 0.1) is 6.92 Å². The molecule has 0 aliphatic carbocycles. The molecule has 2 aromatic rings. The van der Waals surface area contributed by atoms with Gasteiger partial charge in [-0.25, -0.2) is 0 Å². The molecule has 1 saturated heterocycles. The molecule has 2 aliphatic rings. The number of carbonyl (C=O) groups excluding carboxylic acids is 2. The summed E-state index contributed by atoms with van der Waals surface area (Å²) in [4.78, 5) is 35.5. The van der Waals surface area contributed by atoms with Gasteiger partial charge in [-0.2, -0.15) is 0 Å². The van der Waals surface area contributed by atoms with Gasteiger partial charge in [0.1, 0.15) is 0 Å². The van der Waals surface area contributed by atoms with Crippen LogP contribution in [0.15, 0.2) is 42.6 Å². The Balaban J connectivity index is 1.24. The van der Waals surface area contributed by atoms with Crippen LogP contribution in [0.3, 0.4) is 0 Å². The Labute approximate surface area is 165 Å². The quantitative estimate of drug-likeness (QED) is 0.799. The van der Waals surface area contributed by atoms with E-state index in [9.17, 15) is 9.59 Å². The number of carbonyl (C=O) groups is 2. The first-order valence-electron chi connectivity index (χ1n) is 9.89. The molecule has 3 heterocycles. The van der Waals surface area contributed by atoms with Crippen molar-refractivity contribution in [1.29, 1.82) is 0 Å². The number of aromatic nitrogens is 1. The standard InChI is InChI=1S/C22H26N4O2/c1-17-5-4-9-23-20(17)16-24-11-13-25(14-12-24)21(27)8-10-26-15-18-6-2-3-7-19(18)22(26)28/h2-7,9H,8,10-16H2,1H3. The van der Waals surface area contributed by atoms with E-state index in [0.717, 1.165) is 49.5 Å². The minimum absolute atomic E-state index is 0.0407. The Morgan fingerprint density at radius 1 is 1.07 bits per heavy atom. The summed E-state index contributed by atoms with van der Waals surface area (Å²) in [7, 11) is 0. The summed E-state index contributed by atoms with van der Waals surface area (Å²) in [6.07, 6.45) is 2.22. The number of aryl methyl sites for hydroxylation is 1. The first-order chi connectivity index (χ1) is 13.6. The van der Waals surface area contributed by atoms with Crippen LogP contribution in [0.25, 0.3) is 0 Å². The number of hydrogen-bond acceptors (Lipinski definition) is 4. The highest BCUT2D eigenvalue weighted by atomic mass is 16.2. The van der Waals surface area contributed by atoms with Gasteiger partial charge in [-0.1, -0.05) is 24.3 Å². The molecule has 1 aromatic heterocycles. The lowest BCUT2D eigenvalue weighted by atomic mass is 10.1. The van der Waals surface area contributed by atoms with E-state index in [1.54, 1.807) is 4.90 Å². The summed E-state index contributed by atoms with van der Waals surface area (Å²) in [5.41, 5.74) is 4.14. The van der Waals surface area contributed by atoms with E-state index < -0.39 is 0 Å². The molecule has 2 amide bonds. The van der Waals surface area contributed by atoms with Gasteiger partial charge in [0.15, 0.2) is 0 Å². The molecule has 146 valence electrons. The first-order valence-corrected chi connectivity index (χ1v) is 9.89. The predicted octanol–water partition coefficient (Wildman–Crippen LogP) is 2.08. The van der Waals surface area contributed by atoms with Crippen molar-refractivity contribution in [3.05, 3.63) is 65.0 Å². The second kappa shape index (κ2) is 8.10. The fourth-order valence-electron chi connectivity index (χ4n) is 3.94. The van der Waals surface area contributed by atoms with Crippen molar-refractivity contribution in [2.45, 2.75) is 26.4 Å². The molecule has 2 aliphatic heterocycles. The van der Waals surface area contributed by atoms with Crippen LogP contribution < -0.4 is 0 Å². The molecule has 0 unspecified atom stereocenters. The van der Waals surface area contributed by atoms with E-state index in [1.165, 1.54) is 5.56 Å². The average molecular weight is 378 g/mol. The van der Waals surface area contributed by atoms with Crippen molar-refractivity contribution >= 4 is 11.8 Å². The van der Waals surface area contributed by atoms with Crippen molar-refractivity contribution in [3.8, 4) is 0 Å². The lowest BCUT2D eigenvalue weighted by Gasteiger charge is -2.35. The Bertz CT molecular complexity index is 874. The Kier molecular flexibility index (Phi) is 5.39. The number of pyridine rings is 1. The second-order valence-electron chi connectivity index (χ2n) is 7.56. The van der Waals surface area contributed by atoms with Crippen LogP contribution >= 0.6 is 0 Å². The van der Waals surface area contributed by atoms with Crippen molar-refractivity contribution in [2.75, 3.05) is 32.7 Å². The first kappa shape index (κ1) is 18.6. The summed E-state index contributed by atoms with van der Waals surface area (Å²) < 4.78 is 0. The van der Waals surface area contributed by atoms with Gasteiger partial charge < -0.3 is 9.80 Å². The number of amides is 2. The SMILES string of the molecule is Cc1cccnc1CN1CCN(C(=O)CCN2Cc3ccccc3C2=O)CC1. The van der Waals surface area contributed by atoms with Gasteiger partial charge in [0.25, 0.3) is 5.91 Å². The van der Waals surface area contributed by atoms with Crippen LogP contribution in [0.4, 0.5) is 0 Å². The van der Waals surface area contributed by atoms with E-state index in [0.29, 0.717) is 19.5 Å². The van der Waals surface area contributed by atoms with E-state index in [2.05, 4.69) is 22.9 Å². The van der Waals surface area contributed by atoms with Gasteiger partial charge in [-0.15, -0.1) is 0 Å². The smallest absolute Gasteiger partial charge is 0.254 e. The van der Waals surface area contributed by atoms with Gasteiger partial charge in [0.2, 0.25) is 5.91 Å². The fraction of sp³-hybridized carbons (Fsp3) is 0.409. The Morgan fingerprint density at radius 2 is 1.86 bits per heavy atom. The summed E-state index contributed by atoms with van der Waals surface area (Å²) in [5, 5.41) is 0. The zero-order valence-corrected chi connectivity index (χ0v) is 16.3. The zero-order valence-electron chi connectivity index (χ0n) is 16.3. The maximum Gasteiger partial charge on any atom is 0.254 e. The molecule has 0 N–H and O–H groups in total. The topological polar surface area (TPSA) is 56.8 Å². The molecular formula is C22H26N4O2. The van der Waals surface area contributed by atoms with Crippen LogP contribution in [-0.4, -0.2) is 64.2 Å². The third kappa shape index (κ3) is 3.92. The molecular weight excluding hydrogens is 352 g/mol. The van der Waals surface area contributed by atoms with Gasteiger partial charge in [-0.05, 0) is 30.2 Å². The predicted molar refractivity (Wildman–Crippen MR) is 107 cm³/mol. The van der Waals surface area contributed by atoms with Crippen LogP contribution in [-0.2, 0) is 17.9 Å². The van der Waals surface area contributed by atoms with Crippen LogP contribution in [0.1, 0.15) is 33.6 Å². The molecule has 0 spiro atoms. The highest BCUT2D eigenvalue weighted by Crippen LogP contribution is 2.22. The number of hydrogen-bond donors (Lipinski definition) is 0. The van der Waals surface area contributed by atoms with Crippen LogP contribution in [0.5, 0.6) is 0 Å². The number of rotatable bonds is 5. The highest BCUT2D eigenvalue weighted by Gasteiger charge is 2.28. The molecule has 0 radical (unpaired) electrons. The van der Waals surface area contributed by atoms with Gasteiger partial charge in [-0.3, -0.25) is 19.5 Å². The second-order valence-corrected chi connectivity index (χ2v) is 7.56. The highest BCUT2D eigenvalue weighted by molar-refractivity contribution is 5.98. The number of benzene rings is 1. The average Bonchev–Trinajstić information content (AvgIpc) is 3.04. The summed E-state index contributed by atoms with van der Waals surface area (Å²) in [5.74, 6) is 0.177. The Morgan fingerprint density at radius 3 is 2.61 bits per heavy atom. The minimum atomic E-state index is 0.0407. The van der Waals surface area contributed by atoms with E-state index in [1.807, 2.05) is 41.4 Å². The van der Waals surface area contributed by atoms with Gasteiger partial charge >= 0.3 is 0 Å². The lowest BCUT2D eigenvalue weighted by molar-refractivity contribution is -0.133. The van der Waals surface area contributed by atoms with Gasteiger partial charge in [0, 0.05) is 64.0 Å². The summed E-state index contributed by atoms with van der Waals surface area (Å²) >= 11 is 0. The molecule has 0 atom stereocenters. The molecule has 1 fully saturated rings. The summed E-state index contributed by atoms with van der Waals surface area (Å²) in [6.45, 7) is 7.19. The van der Waals surface area contributed by atoms with E-state index >= 15 is 0 Å². The largest absolute Gasteiger partial charge is 0.340 e. The lowest BCUT2D eigenvalue weighted by Crippen LogP contribution is -2.48. The fourth-order valence-corrected chi connectivity index (χ4v) is 3.94. The number of nitrogens with zero attached hydrogens (tertiary/aromatic N) is 4. The van der Waals surface area contributed by atoms with Crippen molar-refractivity contribution in [3.63, 3.8) is 0 Å². The molecule has 0 saturated carbocycles. The number of fused-ring (bicyclic) bond motifs is 1. The minimum Gasteiger partial charge on any atom is -0.340 e. The van der Waals surface area contributed by atoms with Crippen molar-refractivity contribution < 1.29 is 9.59 Å². The van der Waals surface area contributed by atoms with E-state index in [-0.39, 0.29) is 11.8 Å². The van der Waals surface area contributed by atoms with Gasteiger partial charge in [0.05, 0.1) is 5.69 Å². The Hall–Kier alpha value is -2.73.